The minimum absolute atomic E-state index is 0.532. The Morgan fingerprint density at radius 3 is 2.78 bits per heavy atom. The highest BCUT2D eigenvalue weighted by atomic mass is 16.6. The number of nitrogens with zero attached hydrogens (tertiary/aromatic N) is 3. The fourth-order valence-corrected chi connectivity index (χ4v) is 1.77. The first kappa shape index (κ1) is 11.0. The second kappa shape index (κ2) is 4.30. The zero-order chi connectivity index (χ0) is 12.5. The molecule has 1 aliphatic heterocycles. The molecule has 0 amide bonds. The molecule has 0 saturated carbocycles. The molecular weight excluding hydrogens is 234 g/mol. The minimum Gasteiger partial charge on any atom is -0.486 e. The zero-order valence-electron chi connectivity index (χ0n) is 9.91. The summed E-state index contributed by atoms with van der Waals surface area (Å²) in [6, 6.07) is 5.55. The van der Waals surface area contributed by atoms with Crippen LogP contribution in [0.1, 0.15) is 18.7 Å². The molecule has 0 bridgehead atoms. The van der Waals surface area contributed by atoms with Crippen molar-refractivity contribution in [3.8, 4) is 17.2 Å². The van der Waals surface area contributed by atoms with Crippen molar-refractivity contribution in [2.45, 2.75) is 13.0 Å². The summed E-state index contributed by atoms with van der Waals surface area (Å²) in [6.07, 6.45) is 1.06. The Labute approximate surface area is 104 Å². The number of aliphatic hydroxyl groups is 1. The van der Waals surface area contributed by atoms with Crippen molar-refractivity contribution in [1.29, 1.82) is 0 Å². The molecule has 1 aromatic carbocycles. The first-order chi connectivity index (χ1) is 8.74. The molecule has 1 atom stereocenters. The van der Waals surface area contributed by atoms with E-state index < -0.39 is 6.10 Å². The van der Waals surface area contributed by atoms with E-state index in [-0.39, 0.29) is 0 Å². The average molecular weight is 247 g/mol. The van der Waals surface area contributed by atoms with Crippen molar-refractivity contribution >= 4 is 0 Å². The SMILES string of the molecule is CC(O)c1cn(-c2ccc3c(c2)OCCO3)nn1. The molecule has 6 heteroatoms. The van der Waals surface area contributed by atoms with Crippen LogP contribution < -0.4 is 9.47 Å². The normalized spacial score (nSPS) is 15.4. The molecule has 1 aliphatic rings. The van der Waals surface area contributed by atoms with Crippen LogP contribution in [0.15, 0.2) is 24.4 Å². The smallest absolute Gasteiger partial charge is 0.163 e. The number of aliphatic hydroxyl groups excluding tert-OH is 1. The van der Waals surface area contributed by atoms with Crippen LogP contribution in [0.25, 0.3) is 5.69 Å². The summed E-state index contributed by atoms with van der Waals surface area (Å²) < 4.78 is 12.5. The Hall–Kier alpha value is -2.08. The highest BCUT2D eigenvalue weighted by Crippen LogP contribution is 2.31. The van der Waals surface area contributed by atoms with Crippen molar-refractivity contribution in [3.05, 3.63) is 30.1 Å². The number of ether oxygens (including phenoxy) is 2. The number of fused-ring (bicyclic) bond motifs is 1. The molecule has 3 rings (SSSR count). The van der Waals surface area contributed by atoms with Gasteiger partial charge in [0.25, 0.3) is 0 Å². The molecule has 0 fully saturated rings. The maximum Gasteiger partial charge on any atom is 0.163 e. The van der Waals surface area contributed by atoms with Gasteiger partial charge in [0.05, 0.1) is 18.0 Å². The van der Waals surface area contributed by atoms with Crippen LogP contribution in [0.4, 0.5) is 0 Å². The van der Waals surface area contributed by atoms with Gasteiger partial charge in [0.1, 0.15) is 18.9 Å². The van der Waals surface area contributed by atoms with Crippen LogP contribution in [0.2, 0.25) is 0 Å². The van der Waals surface area contributed by atoms with Gasteiger partial charge >= 0.3 is 0 Å². The van der Waals surface area contributed by atoms with Crippen LogP contribution in [0.5, 0.6) is 11.5 Å². The molecule has 1 N–H and O–H groups in total. The topological polar surface area (TPSA) is 69.4 Å². The maximum atomic E-state index is 9.42. The lowest BCUT2D eigenvalue weighted by Crippen LogP contribution is -2.15. The second-order valence-electron chi connectivity index (χ2n) is 4.09. The van der Waals surface area contributed by atoms with E-state index in [4.69, 9.17) is 9.47 Å². The van der Waals surface area contributed by atoms with Crippen LogP contribution >= 0.6 is 0 Å². The lowest BCUT2D eigenvalue weighted by molar-refractivity contribution is 0.171. The molecule has 0 saturated heterocycles. The summed E-state index contributed by atoms with van der Waals surface area (Å²) in [4.78, 5) is 0. The molecule has 6 nitrogen and oxygen atoms in total. The lowest BCUT2D eigenvalue weighted by atomic mass is 10.2. The number of hydrogen-bond donors (Lipinski definition) is 1. The molecular formula is C12H13N3O3. The van der Waals surface area contributed by atoms with Crippen LogP contribution in [-0.2, 0) is 0 Å². The predicted molar refractivity (Wildman–Crippen MR) is 63.0 cm³/mol. The van der Waals surface area contributed by atoms with Crippen molar-refractivity contribution in [2.75, 3.05) is 13.2 Å². The van der Waals surface area contributed by atoms with Gasteiger partial charge < -0.3 is 14.6 Å². The molecule has 0 radical (unpaired) electrons. The first-order valence-electron chi connectivity index (χ1n) is 5.74. The summed E-state index contributed by atoms with van der Waals surface area (Å²) >= 11 is 0. The van der Waals surface area contributed by atoms with Gasteiger partial charge in [0.2, 0.25) is 0 Å². The summed E-state index contributed by atoms with van der Waals surface area (Å²) in [5.74, 6) is 1.44. The standard InChI is InChI=1S/C12H13N3O3/c1-8(16)10-7-15(14-13-10)9-2-3-11-12(6-9)18-5-4-17-11/h2-3,6-8,16H,4-5H2,1H3. The van der Waals surface area contributed by atoms with Gasteiger partial charge in [-0.2, -0.15) is 0 Å². The van der Waals surface area contributed by atoms with Gasteiger partial charge in [-0.05, 0) is 19.1 Å². The molecule has 94 valence electrons. The van der Waals surface area contributed by atoms with Gasteiger partial charge in [0, 0.05) is 6.07 Å². The van der Waals surface area contributed by atoms with Crippen LogP contribution in [0.3, 0.4) is 0 Å². The summed E-state index contributed by atoms with van der Waals surface area (Å²) in [5, 5.41) is 17.3. The second-order valence-corrected chi connectivity index (χ2v) is 4.09. The Morgan fingerprint density at radius 1 is 1.28 bits per heavy atom. The molecule has 0 spiro atoms. The molecule has 2 aromatic rings. The summed E-state index contributed by atoms with van der Waals surface area (Å²) in [7, 11) is 0. The van der Waals surface area contributed by atoms with Crippen molar-refractivity contribution in [3.63, 3.8) is 0 Å². The first-order valence-corrected chi connectivity index (χ1v) is 5.74. The van der Waals surface area contributed by atoms with E-state index in [9.17, 15) is 5.11 Å². The number of aromatic nitrogens is 3. The van der Waals surface area contributed by atoms with Crippen LogP contribution in [-0.4, -0.2) is 33.3 Å². The molecule has 0 aliphatic carbocycles. The Morgan fingerprint density at radius 2 is 2.06 bits per heavy atom. The number of rotatable bonds is 2. The number of hydrogen-bond acceptors (Lipinski definition) is 5. The number of benzene rings is 1. The van der Waals surface area contributed by atoms with E-state index in [1.165, 1.54) is 0 Å². The monoisotopic (exact) mass is 247 g/mol. The van der Waals surface area contributed by atoms with E-state index in [0.717, 1.165) is 11.4 Å². The van der Waals surface area contributed by atoms with Gasteiger partial charge in [-0.15, -0.1) is 5.10 Å². The Bertz CT molecular complexity index is 565. The van der Waals surface area contributed by atoms with Crippen LogP contribution in [0, 0.1) is 0 Å². The van der Waals surface area contributed by atoms with Crippen molar-refractivity contribution < 1.29 is 14.6 Å². The van der Waals surface area contributed by atoms with E-state index in [1.807, 2.05) is 18.2 Å². The zero-order valence-corrected chi connectivity index (χ0v) is 9.91. The van der Waals surface area contributed by atoms with Gasteiger partial charge in [0.15, 0.2) is 11.5 Å². The van der Waals surface area contributed by atoms with Gasteiger partial charge in [-0.3, -0.25) is 0 Å². The lowest BCUT2D eigenvalue weighted by Gasteiger charge is -2.18. The van der Waals surface area contributed by atoms with E-state index >= 15 is 0 Å². The Kier molecular flexibility index (Phi) is 2.64. The third kappa shape index (κ3) is 1.91. The largest absolute Gasteiger partial charge is 0.486 e. The third-order valence-electron chi connectivity index (χ3n) is 2.73. The molecule has 1 unspecified atom stereocenters. The van der Waals surface area contributed by atoms with Crippen molar-refractivity contribution in [1.82, 2.24) is 15.0 Å². The molecule has 2 heterocycles. The highest BCUT2D eigenvalue weighted by molar-refractivity contribution is 5.49. The summed E-state index contributed by atoms with van der Waals surface area (Å²) in [6.45, 7) is 2.77. The Balaban J connectivity index is 1.95. The fourth-order valence-electron chi connectivity index (χ4n) is 1.77. The van der Waals surface area contributed by atoms with Crippen molar-refractivity contribution in [2.24, 2.45) is 0 Å². The van der Waals surface area contributed by atoms with E-state index in [1.54, 1.807) is 17.8 Å². The van der Waals surface area contributed by atoms with Gasteiger partial charge in [-0.1, -0.05) is 5.21 Å². The third-order valence-corrected chi connectivity index (χ3v) is 2.73. The highest BCUT2D eigenvalue weighted by Gasteiger charge is 2.13. The fraction of sp³-hybridized carbons (Fsp3) is 0.333. The quantitative estimate of drug-likeness (QED) is 0.860. The predicted octanol–water partition coefficient (Wildman–Crippen LogP) is 1.09. The van der Waals surface area contributed by atoms with E-state index in [0.29, 0.717) is 24.7 Å². The minimum atomic E-state index is -0.629. The van der Waals surface area contributed by atoms with E-state index in [2.05, 4.69) is 10.3 Å². The summed E-state index contributed by atoms with van der Waals surface area (Å²) in [5.41, 5.74) is 1.35. The molecule has 18 heavy (non-hydrogen) atoms. The maximum absolute atomic E-state index is 9.42. The average Bonchev–Trinajstić information content (AvgIpc) is 2.88. The molecule has 1 aromatic heterocycles. The van der Waals surface area contributed by atoms with Gasteiger partial charge in [-0.25, -0.2) is 4.68 Å².